The Bertz CT molecular complexity index is 597. The quantitative estimate of drug-likeness (QED) is 0.759. The second-order valence-electron chi connectivity index (χ2n) is 3.95. The standard InChI is InChI=1S/C12H13FN4O2/c13-8-1-2-10(11(18)5-8)12(19)15-3-4-17-7-9(14)6-16-17/h1-2,5-7,18H,3-4,14H2,(H,15,19). The number of phenolic OH excluding ortho intramolecular Hbond substituents is 1. The highest BCUT2D eigenvalue weighted by Gasteiger charge is 2.11. The minimum atomic E-state index is -0.596. The van der Waals surface area contributed by atoms with Crippen molar-refractivity contribution in [2.75, 3.05) is 12.3 Å². The van der Waals surface area contributed by atoms with E-state index < -0.39 is 11.7 Å². The number of benzene rings is 1. The highest BCUT2D eigenvalue weighted by atomic mass is 19.1. The fourth-order valence-corrected chi connectivity index (χ4v) is 1.58. The predicted molar refractivity (Wildman–Crippen MR) is 67.0 cm³/mol. The number of phenols is 1. The van der Waals surface area contributed by atoms with Crippen LogP contribution in [0.25, 0.3) is 0 Å². The predicted octanol–water partition coefficient (Wildman–Crippen LogP) is 0.740. The molecule has 1 aromatic carbocycles. The number of aromatic hydroxyl groups is 1. The van der Waals surface area contributed by atoms with Gasteiger partial charge < -0.3 is 16.2 Å². The Morgan fingerprint density at radius 1 is 1.53 bits per heavy atom. The van der Waals surface area contributed by atoms with E-state index in [2.05, 4.69) is 10.4 Å². The summed E-state index contributed by atoms with van der Waals surface area (Å²) in [5, 5.41) is 16.0. The minimum Gasteiger partial charge on any atom is -0.507 e. The number of nitrogens with one attached hydrogen (secondary N) is 1. The third-order valence-electron chi connectivity index (χ3n) is 2.48. The van der Waals surface area contributed by atoms with Gasteiger partial charge in [0.1, 0.15) is 11.6 Å². The molecule has 100 valence electrons. The van der Waals surface area contributed by atoms with E-state index in [1.165, 1.54) is 12.3 Å². The Hall–Kier alpha value is -2.57. The van der Waals surface area contributed by atoms with Crippen LogP contribution in [0.1, 0.15) is 10.4 Å². The van der Waals surface area contributed by atoms with Gasteiger partial charge in [0, 0.05) is 18.8 Å². The van der Waals surface area contributed by atoms with Gasteiger partial charge in [0.05, 0.1) is 24.0 Å². The van der Waals surface area contributed by atoms with Crippen LogP contribution in [0.4, 0.5) is 10.1 Å². The Morgan fingerprint density at radius 3 is 2.95 bits per heavy atom. The van der Waals surface area contributed by atoms with Gasteiger partial charge >= 0.3 is 0 Å². The number of amides is 1. The molecular weight excluding hydrogens is 251 g/mol. The summed E-state index contributed by atoms with van der Waals surface area (Å²) in [5.74, 6) is -1.46. The van der Waals surface area contributed by atoms with E-state index in [9.17, 15) is 14.3 Å². The number of aromatic nitrogens is 2. The Balaban J connectivity index is 1.90. The Kier molecular flexibility index (Phi) is 3.65. The van der Waals surface area contributed by atoms with Gasteiger partial charge in [-0.1, -0.05) is 0 Å². The molecule has 0 radical (unpaired) electrons. The van der Waals surface area contributed by atoms with Gasteiger partial charge in [-0.15, -0.1) is 0 Å². The fourth-order valence-electron chi connectivity index (χ4n) is 1.58. The second-order valence-corrected chi connectivity index (χ2v) is 3.95. The number of nitrogen functional groups attached to an aromatic ring is 1. The smallest absolute Gasteiger partial charge is 0.255 e. The van der Waals surface area contributed by atoms with Crippen molar-refractivity contribution in [2.45, 2.75) is 6.54 Å². The summed E-state index contributed by atoms with van der Waals surface area (Å²) in [6.45, 7) is 0.766. The zero-order valence-electron chi connectivity index (χ0n) is 10.0. The van der Waals surface area contributed by atoms with Crippen molar-refractivity contribution in [3.63, 3.8) is 0 Å². The number of rotatable bonds is 4. The summed E-state index contributed by atoms with van der Waals surface area (Å²) in [6.07, 6.45) is 3.15. The van der Waals surface area contributed by atoms with E-state index in [4.69, 9.17) is 5.73 Å². The lowest BCUT2D eigenvalue weighted by Crippen LogP contribution is -2.27. The van der Waals surface area contributed by atoms with Crippen LogP contribution in [0, 0.1) is 5.82 Å². The molecule has 0 aliphatic carbocycles. The lowest BCUT2D eigenvalue weighted by Gasteiger charge is -2.07. The molecule has 7 heteroatoms. The first-order chi connectivity index (χ1) is 9.06. The summed E-state index contributed by atoms with van der Waals surface area (Å²) in [5.41, 5.74) is 6.07. The number of halogens is 1. The zero-order valence-corrected chi connectivity index (χ0v) is 10.0. The van der Waals surface area contributed by atoms with Crippen LogP contribution >= 0.6 is 0 Å². The van der Waals surface area contributed by atoms with Crippen LogP contribution < -0.4 is 11.1 Å². The van der Waals surface area contributed by atoms with Crippen molar-refractivity contribution in [1.29, 1.82) is 0 Å². The van der Waals surface area contributed by atoms with Crippen LogP contribution in [-0.2, 0) is 6.54 Å². The largest absolute Gasteiger partial charge is 0.507 e. The average Bonchev–Trinajstić information content (AvgIpc) is 2.75. The lowest BCUT2D eigenvalue weighted by molar-refractivity contribution is 0.0949. The van der Waals surface area contributed by atoms with Crippen molar-refractivity contribution in [3.8, 4) is 5.75 Å². The van der Waals surface area contributed by atoms with E-state index in [-0.39, 0.29) is 11.3 Å². The Morgan fingerprint density at radius 2 is 2.32 bits per heavy atom. The van der Waals surface area contributed by atoms with Gasteiger partial charge in [-0.25, -0.2) is 4.39 Å². The SMILES string of the molecule is Nc1cnn(CCNC(=O)c2ccc(F)cc2O)c1. The van der Waals surface area contributed by atoms with Crippen LogP contribution in [0.5, 0.6) is 5.75 Å². The molecule has 1 amide bonds. The molecule has 0 aliphatic rings. The first-order valence-electron chi connectivity index (χ1n) is 5.61. The van der Waals surface area contributed by atoms with Crippen molar-refractivity contribution < 1.29 is 14.3 Å². The van der Waals surface area contributed by atoms with E-state index in [1.807, 2.05) is 0 Å². The maximum absolute atomic E-state index is 12.8. The fraction of sp³-hybridized carbons (Fsp3) is 0.167. The van der Waals surface area contributed by atoms with Gasteiger partial charge in [0.15, 0.2) is 0 Å². The maximum Gasteiger partial charge on any atom is 0.255 e. The summed E-state index contributed by atoms with van der Waals surface area (Å²) < 4.78 is 14.4. The van der Waals surface area contributed by atoms with Crippen LogP contribution in [0.3, 0.4) is 0 Å². The van der Waals surface area contributed by atoms with E-state index >= 15 is 0 Å². The molecule has 0 atom stereocenters. The monoisotopic (exact) mass is 264 g/mol. The number of carbonyl (C=O) groups excluding carboxylic acids is 1. The van der Waals surface area contributed by atoms with Crippen molar-refractivity contribution in [2.24, 2.45) is 0 Å². The first kappa shape index (κ1) is 12.9. The zero-order chi connectivity index (χ0) is 13.8. The van der Waals surface area contributed by atoms with E-state index in [0.29, 0.717) is 18.8 Å². The third kappa shape index (κ3) is 3.21. The normalized spacial score (nSPS) is 10.4. The third-order valence-corrected chi connectivity index (χ3v) is 2.48. The molecule has 2 rings (SSSR count). The molecule has 1 heterocycles. The molecule has 0 spiro atoms. The van der Waals surface area contributed by atoms with Crippen LogP contribution in [0.15, 0.2) is 30.6 Å². The molecule has 1 aromatic heterocycles. The number of nitrogens with zero attached hydrogens (tertiary/aromatic N) is 2. The molecule has 2 aromatic rings. The molecule has 0 saturated heterocycles. The molecule has 4 N–H and O–H groups in total. The molecule has 0 aliphatic heterocycles. The highest BCUT2D eigenvalue weighted by Crippen LogP contribution is 2.17. The lowest BCUT2D eigenvalue weighted by atomic mass is 10.2. The van der Waals surface area contributed by atoms with Crippen LogP contribution in [0.2, 0.25) is 0 Å². The molecule has 0 fully saturated rings. The topological polar surface area (TPSA) is 93.2 Å². The van der Waals surface area contributed by atoms with Gasteiger partial charge in [-0.05, 0) is 12.1 Å². The summed E-state index contributed by atoms with van der Waals surface area (Å²) >= 11 is 0. The van der Waals surface area contributed by atoms with E-state index in [0.717, 1.165) is 12.1 Å². The number of nitrogens with two attached hydrogens (primary N) is 1. The van der Waals surface area contributed by atoms with Crippen molar-refractivity contribution in [1.82, 2.24) is 15.1 Å². The molecular formula is C12H13FN4O2. The van der Waals surface area contributed by atoms with Gasteiger partial charge in [-0.2, -0.15) is 5.10 Å². The molecule has 0 bridgehead atoms. The van der Waals surface area contributed by atoms with Gasteiger partial charge in [0.2, 0.25) is 0 Å². The number of anilines is 1. The summed E-state index contributed by atoms with van der Waals surface area (Å²) in [4.78, 5) is 11.7. The van der Waals surface area contributed by atoms with E-state index in [1.54, 1.807) is 10.9 Å². The van der Waals surface area contributed by atoms with Gasteiger partial charge in [-0.3, -0.25) is 9.48 Å². The number of hydrogen-bond donors (Lipinski definition) is 3. The number of carbonyl (C=O) groups is 1. The number of hydrogen-bond acceptors (Lipinski definition) is 4. The molecule has 0 unspecified atom stereocenters. The van der Waals surface area contributed by atoms with Crippen molar-refractivity contribution in [3.05, 3.63) is 42.0 Å². The highest BCUT2D eigenvalue weighted by molar-refractivity contribution is 5.96. The average molecular weight is 264 g/mol. The minimum absolute atomic E-state index is 0.0291. The summed E-state index contributed by atoms with van der Waals surface area (Å²) in [7, 11) is 0. The van der Waals surface area contributed by atoms with Crippen molar-refractivity contribution >= 4 is 11.6 Å². The molecule has 0 saturated carbocycles. The van der Waals surface area contributed by atoms with Crippen LogP contribution in [-0.4, -0.2) is 27.3 Å². The first-order valence-corrected chi connectivity index (χ1v) is 5.61. The molecule has 6 nitrogen and oxygen atoms in total. The Labute approximate surface area is 108 Å². The second kappa shape index (κ2) is 5.38. The summed E-state index contributed by atoms with van der Waals surface area (Å²) in [6, 6.07) is 3.23. The maximum atomic E-state index is 12.8. The molecule has 19 heavy (non-hydrogen) atoms. The van der Waals surface area contributed by atoms with Gasteiger partial charge in [0.25, 0.3) is 5.91 Å².